The summed E-state index contributed by atoms with van der Waals surface area (Å²) in [5.41, 5.74) is 2.32. The zero-order chi connectivity index (χ0) is 10.7. The van der Waals surface area contributed by atoms with E-state index in [9.17, 15) is 4.79 Å². The monoisotopic (exact) mass is 247 g/mol. The lowest BCUT2D eigenvalue weighted by Gasteiger charge is -2.36. The van der Waals surface area contributed by atoms with Crippen LogP contribution in [0.1, 0.15) is 38.5 Å². The van der Waals surface area contributed by atoms with Gasteiger partial charge in [0.25, 0.3) is 0 Å². The van der Waals surface area contributed by atoms with E-state index in [-0.39, 0.29) is 24.2 Å². The van der Waals surface area contributed by atoms with Gasteiger partial charge in [-0.1, -0.05) is 12.8 Å². The topological polar surface area (TPSA) is 58.4 Å². The Balaban J connectivity index is 0.00000128. The molecule has 0 aromatic carbocycles. The lowest BCUT2D eigenvalue weighted by atomic mass is 9.83. The van der Waals surface area contributed by atoms with E-state index < -0.39 is 0 Å². The fourth-order valence-electron chi connectivity index (χ4n) is 3.03. The van der Waals surface area contributed by atoms with Gasteiger partial charge < -0.3 is 0 Å². The van der Waals surface area contributed by atoms with Gasteiger partial charge in [0.15, 0.2) is 0 Å². The third-order valence-electron chi connectivity index (χ3n) is 3.82. The Labute approximate surface area is 103 Å². The minimum atomic E-state index is 0. The number of hydrogen-bond acceptors (Lipinski definition) is 3. The average molecular weight is 248 g/mol. The molecule has 1 amide bonds. The van der Waals surface area contributed by atoms with Crippen LogP contribution in [0.15, 0.2) is 0 Å². The van der Waals surface area contributed by atoms with Gasteiger partial charge >= 0.3 is 0 Å². The molecule has 5 heteroatoms. The first kappa shape index (κ1) is 13.7. The number of amides is 1. The second-order valence-corrected chi connectivity index (χ2v) is 4.71. The Morgan fingerprint density at radius 2 is 1.75 bits per heavy atom. The number of likely N-dealkylation sites (tertiary alicyclic amines) is 1. The predicted molar refractivity (Wildman–Crippen MR) is 66.1 cm³/mol. The summed E-state index contributed by atoms with van der Waals surface area (Å²) >= 11 is 0. The third-order valence-corrected chi connectivity index (χ3v) is 3.82. The molecule has 2 rings (SSSR count). The normalized spacial score (nSPS) is 30.8. The van der Waals surface area contributed by atoms with Gasteiger partial charge in [-0.05, 0) is 38.8 Å². The SMILES string of the molecule is Cl.NNC(=O)[C@@H]1CCCC[C@@H]1N1CCCC1. The Hall–Kier alpha value is -0.320. The van der Waals surface area contributed by atoms with Gasteiger partial charge in [-0.15, -0.1) is 12.4 Å². The summed E-state index contributed by atoms with van der Waals surface area (Å²) in [4.78, 5) is 14.2. The number of hydrazine groups is 1. The van der Waals surface area contributed by atoms with Crippen molar-refractivity contribution in [1.29, 1.82) is 0 Å². The molecular formula is C11H22ClN3O. The van der Waals surface area contributed by atoms with E-state index >= 15 is 0 Å². The van der Waals surface area contributed by atoms with E-state index in [4.69, 9.17) is 5.84 Å². The molecular weight excluding hydrogens is 226 g/mol. The number of hydrogen-bond donors (Lipinski definition) is 2. The van der Waals surface area contributed by atoms with Crippen LogP contribution < -0.4 is 11.3 Å². The zero-order valence-corrected chi connectivity index (χ0v) is 10.5. The Kier molecular flexibility index (Phi) is 5.52. The standard InChI is InChI=1S/C11H21N3O.ClH/c12-13-11(15)9-5-1-2-6-10(9)14-7-3-4-8-14;/h9-10H,1-8,12H2,(H,13,15);1H/t9-,10+;/m1./s1. The third kappa shape index (κ3) is 2.87. The van der Waals surface area contributed by atoms with Crippen LogP contribution in [0.2, 0.25) is 0 Å². The van der Waals surface area contributed by atoms with Crippen LogP contribution >= 0.6 is 12.4 Å². The van der Waals surface area contributed by atoms with Crippen LogP contribution in [-0.2, 0) is 4.79 Å². The van der Waals surface area contributed by atoms with Gasteiger partial charge in [-0.2, -0.15) is 0 Å². The van der Waals surface area contributed by atoms with E-state index in [1.165, 1.54) is 38.8 Å². The molecule has 1 aliphatic carbocycles. The fourth-order valence-corrected chi connectivity index (χ4v) is 3.03. The Morgan fingerprint density at radius 3 is 2.38 bits per heavy atom. The summed E-state index contributed by atoms with van der Waals surface area (Å²) in [7, 11) is 0. The van der Waals surface area contributed by atoms with Crippen molar-refractivity contribution in [2.45, 2.75) is 44.6 Å². The fraction of sp³-hybridized carbons (Fsp3) is 0.909. The predicted octanol–water partition coefficient (Wildman–Crippen LogP) is 1.05. The molecule has 1 aliphatic heterocycles. The highest BCUT2D eigenvalue weighted by molar-refractivity contribution is 5.85. The summed E-state index contributed by atoms with van der Waals surface area (Å²) in [6, 6.07) is 0.449. The molecule has 3 N–H and O–H groups in total. The van der Waals surface area contributed by atoms with Crippen molar-refractivity contribution in [2.75, 3.05) is 13.1 Å². The molecule has 0 radical (unpaired) electrons. The summed E-state index contributed by atoms with van der Waals surface area (Å²) in [5.74, 6) is 5.41. The molecule has 1 heterocycles. The van der Waals surface area contributed by atoms with E-state index in [2.05, 4.69) is 10.3 Å². The van der Waals surface area contributed by atoms with Crippen molar-refractivity contribution in [3.05, 3.63) is 0 Å². The van der Waals surface area contributed by atoms with E-state index in [0.717, 1.165) is 12.8 Å². The molecule has 0 aromatic rings. The molecule has 0 spiro atoms. The van der Waals surface area contributed by atoms with Crippen LogP contribution in [0.5, 0.6) is 0 Å². The maximum atomic E-state index is 11.7. The first-order chi connectivity index (χ1) is 7.33. The minimum absolute atomic E-state index is 0. The number of nitrogens with two attached hydrogens (primary N) is 1. The van der Waals surface area contributed by atoms with E-state index in [1.54, 1.807) is 0 Å². The first-order valence-corrected chi connectivity index (χ1v) is 6.07. The Morgan fingerprint density at radius 1 is 1.12 bits per heavy atom. The lowest BCUT2D eigenvalue weighted by Crippen LogP contribution is -2.49. The van der Waals surface area contributed by atoms with Crippen molar-refractivity contribution in [1.82, 2.24) is 10.3 Å². The lowest BCUT2D eigenvalue weighted by molar-refractivity contribution is -0.128. The highest BCUT2D eigenvalue weighted by atomic mass is 35.5. The van der Waals surface area contributed by atoms with Crippen LogP contribution in [0, 0.1) is 5.92 Å². The van der Waals surface area contributed by atoms with Crippen molar-refractivity contribution >= 4 is 18.3 Å². The summed E-state index contributed by atoms with van der Waals surface area (Å²) in [6.45, 7) is 2.33. The first-order valence-electron chi connectivity index (χ1n) is 6.07. The van der Waals surface area contributed by atoms with Crippen molar-refractivity contribution < 1.29 is 4.79 Å². The maximum Gasteiger partial charge on any atom is 0.238 e. The number of carbonyl (C=O) groups excluding carboxylic acids is 1. The van der Waals surface area contributed by atoms with E-state index in [1.807, 2.05) is 0 Å². The van der Waals surface area contributed by atoms with Crippen molar-refractivity contribution in [2.24, 2.45) is 11.8 Å². The smallest absolute Gasteiger partial charge is 0.238 e. The molecule has 0 aromatic heterocycles. The van der Waals surface area contributed by atoms with Gasteiger partial charge in [-0.25, -0.2) is 5.84 Å². The molecule has 1 saturated carbocycles. The zero-order valence-electron chi connectivity index (χ0n) is 9.65. The molecule has 0 bridgehead atoms. The largest absolute Gasteiger partial charge is 0.300 e. The highest BCUT2D eigenvalue weighted by Gasteiger charge is 2.35. The van der Waals surface area contributed by atoms with Crippen molar-refractivity contribution in [3.8, 4) is 0 Å². The van der Waals surface area contributed by atoms with Gasteiger partial charge in [0.1, 0.15) is 0 Å². The van der Waals surface area contributed by atoms with Crippen LogP contribution in [0.4, 0.5) is 0 Å². The summed E-state index contributed by atoms with van der Waals surface area (Å²) in [5, 5.41) is 0. The number of nitrogens with zero attached hydrogens (tertiary/aromatic N) is 1. The molecule has 94 valence electrons. The second-order valence-electron chi connectivity index (χ2n) is 4.71. The quantitative estimate of drug-likeness (QED) is 0.436. The van der Waals surface area contributed by atoms with Crippen LogP contribution in [-0.4, -0.2) is 29.9 Å². The van der Waals surface area contributed by atoms with E-state index in [0.29, 0.717) is 6.04 Å². The number of carbonyl (C=O) groups is 1. The van der Waals surface area contributed by atoms with Gasteiger partial charge in [0.2, 0.25) is 5.91 Å². The number of rotatable bonds is 2. The van der Waals surface area contributed by atoms with Gasteiger partial charge in [-0.3, -0.25) is 15.1 Å². The molecule has 16 heavy (non-hydrogen) atoms. The highest BCUT2D eigenvalue weighted by Crippen LogP contribution is 2.30. The molecule has 2 atom stereocenters. The number of nitrogens with one attached hydrogen (secondary N) is 1. The van der Waals surface area contributed by atoms with Crippen molar-refractivity contribution in [3.63, 3.8) is 0 Å². The average Bonchev–Trinajstić information content (AvgIpc) is 2.81. The van der Waals surface area contributed by atoms with Gasteiger partial charge in [0.05, 0.1) is 5.92 Å². The summed E-state index contributed by atoms with van der Waals surface area (Å²) < 4.78 is 0. The molecule has 0 unspecified atom stereocenters. The molecule has 4 nitrogen and oxygen atoms in total. The maximum absolute atomic E-state index is 11.7. The van der Waals surface area contributed by atoms with Gasteiger partial charge in [0, 0.05) is 6.04 Å². The molecule has 2 aliphatic rings. The summed E-state index contributed by atoms with van der Waals surface area (Å²) in [6.07, 6.45) is 7.17. The Bertz CT molecular complexity index is 231. The number of halogens is 1. The molecule has 2 fully saturated rings. The minimum Gasteiger partial charge on any atom is -0.300 e. The second kappa shape index (κ2) is 6.42. The van der Waals surface area contributed by atoms with Crippen LogP contribution in [0.3, 0.4) is 0 Å². The molecule has 1 saturated heterocycles. The van der Waals surface area contributed by atoms with Crippen LogP contribution in [0.25, 0.3) is 0 Å².